The number of hydrogen-bond acceptors (Lipinski definition) is 7. The van der Waals surface area contributed by atoms with Gasteiger partial charge >= 0.3 is 0 Å². The second-order valence-corrected chi connectivity index (χ2v) is 5.32. The molecule has 9 nitrogen and oxygen atoms in total. The zero-order valence-electron chi connectivity index (χ0n) is 11.3. The van der Waals surface area contributed by atoms with Crippen molar-refractivity contribution in [3.63, 3.8) is 0 Å². The highest BCUT2D eigenvalue weighted by Crippen LogP contribution is 2.32. The van der Waals surface area contributed by atoms with Crippen molar-refractivity contribution in [1.82, 2.24) is 19.5 Å². The number of rotatable bonds is 3. The molecule has 3 heterocycles. The van der Waals surface area contributed by atoms with Crippen molar-refractivity contribution >= 4 is 11.2 Å². The largest absolute Gasteiger partial charge is 0.394 e. The van der Waals surface area contributed by atoms with E-state index in [2.05, 4.69) is 15.0 Å². The molecule has 9 heteroatoms. The smallest absolute Gasteiger partial charge is 0.278 e. The van der Waals surface area contributed by atoms with Crippen molar-refractivity contribution in [2.24, 2.45) is 0 Å². The third kappa shape index (κ3) is 2.14. The van der Waals surface area contributed by atoms with Gasteiger partial charge in [-0.2, -0.15) is 0 Å². The van der Waals surface area contributed by atoms with Crippen LogP contribution >= 0.6 is 0 Å². The molecule has 0 aromatic carbocycles. The van der Waals surface area contributed by atoms with E-state index in [0.717, 1.165) is 0 Å². The van der Waals surface area contributed by atoms with E-state index >= 15 is 0 Å². The molecule has 0 aliphatic carbocycles. The molecule has 114 valence electrons. The zero-order chi connectivity index (χ0) is 15.2. The van der Waals surface area contributed by atoms with Crippen LogP contribution in [-0.4, -0.2) is 65.4 Å². The first kappa shape index (κ1) is 14.1. The number of fused-ring (bicyclic) bond motifs is 1. The number of aromatic nitrogens is 4. The molecule has 3 rings (SSSR count). The van der Waals surface area contributed by atoms with E-state index in [1.54, 1.807) is 4.57 Å². The Morgan fingerprint density at radius 2 is 2.29 bits per heavy atom. The first-order valence-corrected chi connectivity index (χ1v) is 6.50. The lowest BCUT2D eigenvalue weighted by atomic mass is 9.93. The third-order valence-electron chi connectivity index (χ3n) is 3.89. The standard InChI is InChI=1S/C12H16N4O5/c1-12(20)7(21-6(3-17)9(12)18)2-16-5-15-8-10(16)13-4-14-11(8)19/h4-7,9,17-18,20H,2-3H2,1H3,(H,13,14,19)/t6-,7+,9?,12-/m1/s1. The van der Waals surface area contributed by atoms with Crippen molar-refractivity contribution < 1.29 is 20.1 Å². The fourth-order valence-corrected chi connectivity index (χ4v) is 2.56. The van der Waals surface area contributed by atoms with Gasteiger partial charge in [-0.25, -0.2) is 9.97 Å². The van der Waals surface area contributed by atoms with Gasteiger partial charge in [0, 0.05) is 0 Å². The van der Waals surface area contributed by atoms with Crippen molar-refractivity contribution in [2.45, 2.75) is 37.4 Å². The Labute approximate surface area is 118 Å². The molecule has 0 radical (unpaired) electrons. The highest BCUT2D eigenvalue weighted by molar-refractivity contribution is 5.68. The summed E-state index contributed by atoms with van der Waals surface area (Å²) in [4.78, 5) is 22.0. The fourth-order valence-electron chi connectivity index (χ4n) is 2.56. The van der Waals surface area contributed by atoms with Gasteiger partial charge in [0.15, 0.2) is 11.2 Å². The van der Waals surface area contributed by atoms with Gasteiger partial charge in [0.05, 0.1) is 25.8 Å². The molecular formula is C12H16N4O5. The number of ether oxygens (including phenoxy) is 1. The summed E-state index contributed by atoms with van der Waals surface area (Å²) in [5.74, 6) is 0. The number of aromatic amines is 1. The summed E-state index contributed by atoms with van der Waals surface area (Å²) in [5.41, 5.74) is -1.33. The fraction of sp³-hybridized carbons (Fsp3) is 0.583. The second-order valence-electron chi connectivity index (χ2n) is 5.32. The minimum atomic E-state index is -1.52. The molecule has 2 aromatic heterocycles. The van der Waals surface area contributed by atoms with Crippen molar-refractivity contribution in [3.8, 4) is 0 Å². The molecule has 4 atom stereocenters. The average Bonchev–Trinajstić information content (AvgIpc) is 2.95. The summed E-state index contributed by atoms with van der Waals surface area (Å²) in [7, 11) is 0. The summed E-state index contributed by atoms with van der Waals surface area (Å²) >= 11 is 0. The summed E-state index contributed by atoms with van der Waals surface area (Å²) in [5, 5.41) is 29.4. The summed E-state index contributed by atoms with van der Waals surface area (Å²) in [6, 6.07) is 0. The van der Waals surface area contributed by atoms with Gasteiger partial charge < -0.3 is 29.6 Å². The normalized spacial score (nSPS) is 32.9. The molecule has 1 saturated heterocycles. The van der Waals surface area contributed by atoms with Crippen LogP contribution in [0.25, 0.3) is 11.2 Å². The van der Waals surface area contributed by atoms with Crippen LogP contribution in [0.1, 0.15) is 6.92 Å². The second kappa shape index (κ2) is 4.88. The minimum absolute atomic E-state index is 0.146. The maximum atomic E-state index is 11.6. The van der Waals surface area contributed by atoms with Crippen molar-refractivity contribution in [2.75, 3.05) is 6.61 Å². The SMILES string of the molecule is C[C@]1(O)C(O)[C@@H](CO)O[C@H]1Cn1cnc2c(=O)[nH]cnc21. The quantitative estimate of drug-likeness (QED) is 0.514. The lowest BCUT2D eigenvalue weighted by Crippen LogP contribution is -2.47. The first-order valence-electron chi connectivity index (χ1n) is 6.50. The Hall–Kier alpha value is -1.81. The van der Waals surface area contributed by atoms with Crippen LogP contribution in [0.4, 0.5) is 0 Å². The van der Waals surface area contributed by atoms with Gasteiger partial charge in [0.25, 0.3) is 5.56 Å². The molecule has 1 unspecified atom stereocenters. The number of nitrogens with zero attached hydrogens (tertiary/aromatic N) is 3. The van der Waals surface area contributed by atoms with Crippen molar-refractivity contribution in [1.29, 1.82) is 0 Å². The van der Waals surface area contributed by atoms with Crippen LogP contribution in [0.5, 0.6) is 0 Å². The van der Waals surface area contributed by atoms with Gasteiger partial charge in [-0.05, 0) is 6.92 Å². The average molecular weight is 296 g/mol. The van der Waals surface area contributed by atoms with Crippen LogP contribution in [0.3, 0.4) is 0 Å². The van der Waals surface area contributed by atoms with Crippen LogP contribution in [-0.2, 0) is 11.3 Å². The van der Waals surface area contributed by atoms with Gasteiger partial charge in [0.1, 0.15) is 23.9 Å². The van der Waals surface area contributed by atoms with E-state index in [4.69, 9.17) is 9.84 Å². The van der Waals surface area contributed by atoms with E-state index in [1.807, 2.05) is 0 Å². The Balaban J connectivity index is 1.92. The molecule has 4 N–H and O–H groups in total. The molecular weight excluding hydrogens is 280 g/mol. The number of hydrogen-bond donors (Lipinski definition) is 4. The Morgan fingerprint density at radius 1 is 1.52 bits per heavy atom. The molecule has 1 aliphatic rings. The summed E-state index contributed by atoms with van der Waals surface area (Å²) < 4.78 is 7.04. The first-order chi connectivity index (χ1) is 9.95. The Kier molecular flexibility index (Phi) is 3.29. The number of imidazole rings is 1. The predicted octanol–water partition coefficient (Wildman–Crippen LogP) is -2.01. The lowest BCUT2D eigenvalue weighted by Gasteiger charge is -2.26. The summed E-state index contributed by atoms with van der Waals surface area (Å²) in [6.45, 7) is 1.20. The number of aliphatic hydroxyl groups is 3. The molecule has 0 bridgehead atoms. The maximum absolute atomic E-state index is 11.6. The van der Waals surface area contributed by atoms with E-state index in [1.165, 1.54) is 19.6 Å². The molecule has 1 fully saturated rings. The molecule has 0 amide bonds. The highest BCUT2D eigenvalue weighted by atomic mass is 16.6. The molecule has 0 saturated carbocycles. The Bertz CT molecular complexity index is 709. The number of nitrogens with one attached hydrogen (secondary N) is 1. The topological polar surface area (TPSA) is 133 Å². The van der Waals surface area contributed by atoms with Gasteiger partial charge in [0.2, 0.25) is 0 Å². The van der Waals surface area contributed by atoms with Crippen molar-refractivity contribution in [3.05, 3.63) is 23.0 Å². The van der Waals surface area contributed by atoms with Crippen LogP contribution in [0.2, 0.25) is 0 Å². The third-order valence-corrected chi connectivity index (χ3v) is 3.89. The van der Waals surface area contributed by atoms with E-state index in [0.29, 0.717) is 5.65 Å². The molecule has 0 spiro atoms. The van der Waals surface area contributed by atoms with Crippen LogP contribution in [0, 0.1) is 0 Å². The van der Waals surface area contributed by atoms with Crippen LogP contribution in [0.15, 0.2) is 17.4 Å². The lowest BCUT2D eigenvalue weighted by molar-refractivity contribution is -0.0678. The highest BCUT2D eigenvalue weighted by Gasteiger charge is 2.51. The molecule has 1 aliphatic heterocycles. The van der Waals surface area contributed by atoms with Gasteiger partial charge in [-0.3, -0.25) is 4.79 Å². The maximum Gasteiger partial charge on any atom is 0.278 e. The summed E-state index contributed by atoms with van der Waals surface area (Å²) in [6.07, 6.45) is -0.120. The van der Waals surface area contributed by atoms with Gasteiger partial charge in [-0.1, -0.05) is 0 Å². The van der Waals surface area contributed by atoms with Crippen LogP contribution < -0.4 is 5.56 Å². The monoisotopic (exact) mass is 296 g/mol. The minimum Gasteiger partial charge on any atom is -0.394 e. The molecule has 2 aromatic rings. The van der Waals surface area contributed by atoms with Gasteiger partial charge in [-0.15, -0.1) is 0 Å². The molecule has 21 heavy (non-hydrogen) atoms. The van der Waals surface area contributed by atoms with E-state index in [9.17, 15) is 15.0 Å². The zero-order valence-corrected chi connectivity index (χ0v) is 11.3. The Morgan fingerprint density at radius 3 is 2.95 bits per heavy atom. The van der Waals surface area contributed by atoms with E-state index in [-0.39, 0.29) is 17.6 Å². The number of H-pyrrole nitrogens is 1. The number of aliphatic hydroxyl groups excluding tert-OH is 2. The van der Waals surface area contributed by atoms with E-state index < -0.39 is 30.5 Å². The predicted molar refractivity (Wildman–Crippen MR) is 70.5 cm³/mol.